The van der Waals surface area contributed by atoms with Crippen LogP contribution in [0.1, 0.15) is 5.56 Å². The third-order valence-electron chi connectivity index (χ3n) is 2.55. The van der Waals surface area contributed by atoms with Gasteiger partial charge in [0.05, 0.1) is 15.9 Å². The van der Waals surface area contributed by atoms with Gasteiger partial charge in [0.25, 0.3) is 5.56 Å². The Kier molecular flexibility index (Phi) is 2.43. The Morgan fingerprint density at radius 1 is 1.22 bits per heavy atom. The van der Waals surface area contributed by atoms with Crippen LogP contribution in [-0.2, 0) is 0 Å². The minimum atomic E-state index is -0.380. The van der Waals surface area contributed by atoms with Gasteiger partial charge in [0, 0.05) is 0 Å². The van der Waals surface area contributed by atoms with E-state index in [9.17, 15) is 4.79 Å². The Morgan fingerprint density at radius 2 is 2.06 bits per heavy atom. The molecule has 2 aromatic heterocycles. The summed E-state index contributed by atoms with van der Waals surface area (Å²) < 4.78 is 1.07. The van der Waals surface area contributed by atoms with Gasteiger partial charge in [-0.3, -0.25) is 4.79 Å². The van der Waals surface area contributed by atoms with Crippen molar-refractivity contribution >= 4 is 21.6 Å². The first kappa shape index (κ1) is 10.7. The summed E-state index contributed by atoms with van der Waals surface area (Å²) in [4.78, 5) is 18.7. The second kappa shape index (κ2) is 4.09. The van der Waals surface area contributed by atoms with E-state index in [1.165, 1.54) is 17.4 Å². The third-order valence-corrected chi connectivity index (χ3v) is 3.62. The topological polar surface area (TPSA) is 69.5 Å². The molecule has 0 fully saturated rings. The molecule has 0 atom stereocenters. The van der Waals surface area contributed by atoms with Crippen LogP contribution in [0.4, 0.5) is 0 Å². The van der Waals surface area contributed by atoms with Crippen molar-refractivity contribution in [3.05, 3.63) is 52.3 Å². The SMILES string of the molecule is N#Cc1ccc(-c2nc3ccccc3s2)[nH]c1=O. The maximum Gasteiger partial charge on any atom is 0.266 e. The zero-order chi connectivity index (χ0) is 12.5. The van der Waals surface area contributed by atoms with Gasteiger partial charge in [0.2, 0.25) is 0 Å². The molecule has 0 amide bonds. The van der Waals surface area contributed by atoms with Crippen LogP contribution < -0.4 is 5.56 Å². The first-order valence-corrected chi connectivity index (χ1v) is 6.09. The Morgan fingerprint density at radius 3 is 2.78 bits per heavy atom. The van der Waals surface area contributed by atoms with Crippen molar-refractivity contribution in [3.8, 4) is 16.8 Å². The number of nitrogens with zero attached hydrogens (tertiary/aromatic N) is 2. The first-order chi connectivity index (χ1) is 8.78. The molecule has 0 aliphatic rings. The Bertz CT molecular complexity index is 793. The van der Waals surface area contributed by atoms with E-state index in [2.05, 4.69) is 9.97 Å². The molecule has 18 heavy (non-hydrogen) atoms. The van der Waals surface area contributed by atoms with Crippen LogP contribution in [0, 0.1) is 11.3 Å². The number of H-pyrrole nitrogens is 1. The smallest absolute Gasteiger partial charge is 0.266 e. The maximum atomic E-state index is 11.6. The Balaban J connectivity index is 2.18. The highest BCUT2D eigenvalue weighted by molar-refractivity contribution is 7.21. The predicted octanol–water partition coefficient (Wildman–Crippen LogP) is 2.52. The molecular weight excluding hydrogens is 246 g/mol. The fourth-order valence-electron chi connectivity index (χ4n) is 1.67. The standard InChI is InChI=1S/C13H7N3OS/c14-7-8-5-6-10(15-12(8)17)13-16-9-3-1-2-4-11(9)18-13/h1-6H,(H,15,17). The van der Waals surface area contributed by atoms with E-state index in [-0.39, 0.29) is 11.1 Å². The molecule has 0 unspecified atom stereocenters. The zero-order valence-corrected chi connectivity index (χ0v) is 9.99. The molecule has 0 spiro atoms. The van der Waals surface area contributed by atoms with Gasteiger partial charge in [-0.1, -0.05) is 12.1 Å². The van der Waals surface area contributed by atoms with Crippen LogP contribution in [0.2, 0.25) is 0 Å². The lowest BCUT2D eigenvalue weighted by Gasteiger charge is -1.95. The fourth-order valence-corrected chi connectivity index (χ4v) is 2.62. The van der Waals surface area contributed by atoms with E-state index < -0.39 is 0 Å². The molecule has 3 rings (SSSR count). The summed E-state index contributed by atoms with van der Waals surface area (Å²) in [5, 5.41) is 9.46. The van der Waals surface area contributed by atoms with Gasteiger partial charge in [0.15, 0.2) is 0 Å². The number of pyridine rings is 1. The van der Waals surface area contributed by atoms with Crippen molar-refractivity contribution in [2.75, 3.05) is 0 Å². The summed E-state index contributed by atoms with van der Waals surface area (Å²) in [6.07, 6.45) is 0. The zero-order valence-electron chi connectivity index (χ0n) is 9.18. The summed E-state index contributed by atoms with van der Waals surface area (Å²) >= 11 is 1.51. The van der Waals surface area contributed by atoms with Gasteiger partial charge in [-0.25, -0.2) is 4.98 Å². The van der Waals surface area contributed by atoms with Crippen molar-refractivity contribution in [2.24, 2.45) is 0 Å². The molecule has 0 bridgehead atoms. The number of benzene rings is 1. The molecule has 86 valence electrons. The molecule has 0 saturated heterocycles. The highest BCUT2D eigenvalue weighted by Gasteiger charge is 2.07. The number of thiazole rings is 1. The molecule has 1 N–H and O–H groups in total. The van der Waals surface area contributed by atoms with Crippen LogP contribution >= 0.6 is 11.3 Å². The van der Waals surface area contributed by atoms with Crippen molar-refractivity contribution in [3.63, 3.8) is 0 Å². The number of hydrogen-bond donors (Lipinski definition) is 1. The van der Waals surface area contributed by atoms with Crippen LogP contribution in [0.25, 0.3) is 20.9 Å². The highest BCUT2D eigenvalue weighted by Crippen LogP contribution is 2.28. The second-order valence-corrected chi connectivity index (χ2v) is 4.74. The van der Waals surface area contributed by atoms with Gasteiger partial charge in [-0.15, -0.1) is 11.3 Å². The molecule has 0 aliphatic heterocycles. The molecule has 2 heterocycles. The van der Waals surface area contributed by atoms with Crippen LogP contribution in [0.5, 0.6) is 0 Å². The minimum Gasteiger partial charge on any atom is -0.319 e. The number of hydrogen-bond acceptors (Lipinski definition) is 4. The quantitative estimate of drug-likeness (QED) is 0.724. The van der Waals surface area contributed by atoms with E-state index >= 15 is 0 Å². The summed E-state index contributed by atoms with van der Waals surface area (Å²) in [7, 11) is 0. The average molecular weight is 253 g/mol. The van der Waals surface area contributed by atoms with Crippen molar-refractivity contribution in [1.82, 2.24) is 9.97 Å². The Labute approximate surface area is 106 Å². The van der Waals surface area contributed by atoms with Crippen molar-refractivity contribution < 1.29 is 0 Å². The summed E-state index contributed by atoms with van der Waals surface area (Å²) in [6, 6.07) is 12.8. The van der Waals surface area contributed by atoms with E-state index in [1.807, 2.05) is 30.3 Å². The van der Waals surface area contributed by atoms with Crippen LogP contribution in [0.15, 0.2) is 41.2 Å². The van der Waals surface area contributed by atoms with Gasteiger partial charge in [-0.2, -0.15) is 5.26 Å². The number of fused-ring (bicyclic) bond motifs is 1. The first-order valence-electron chi connectivity index (χ1n) is 5.27. The molecule has 0 aliphatic carbocycles. The molecule has 1 aromatic carbocycles. The number of nitrogens with one attached hydrogen (secondary N) is 1. The summed E-state index contributed by atoms with van der Waals surface area (Å²) in [6.45, 7) is 0. The third kappa shape index (κ3) is 1.69. The molecule has 0 saturated carbocycles. The predicted molar refractivity (Wildman–Crippen MR) is 70.4 cm³/mol. The van der Waals surface area contributed by atoms with Gasteiger partial charge in [0.1, 0.15) is 16.6 Å². The molecule has 5 heteroatoms. The van der Waals surface area contributed by atoms with E-state index in [0.717, 1.165) is 15.2 Å². The van der Waals surface area contributed by atoms with Crippen molar-refractivity contribution in [2.45, 2.75) is 0 Å². The normalized spacial score (nSPS) is 10.4. The number of rotatable bonds is 1. The van der Waals surface area contributed by atoms with Crippen LogP contribution in [0.3, 0.4) is 0 Å². The fraction of sp³-hybridized carbons (Fsp3) is 0. The average Bonchev–Trinajstić information content (AvgIpc) is 2.82. The van der Waals surface area contributed by atoms with Crippen molar-refractivity contribution in [1.29, 1.82) is 5.26 Å². The van der Waals surface area contributed by atoms with E-state index in [0.29, 0.717) is 5.69 Å². The number of aromatic nitrogens is 2. The Hall–Kier alpha value is -2.45. The van der Waals surface area contributed by atoms with Gasteiger partial charge in [-0.05, 0) is 24.3 Å². The monoisotopic (exact) mass is 253 g/mol. The highest BCUT2D eigenvalue weighted by atomic mass is 32.1. The number of nitriles is 1. The van der Waals surface area contributed by atoms with E-state index in [1.54, 1.807) is 6.07 Å². The largest absolute Gasteiger partial charge is 0.319 e. The number of aromatic amines is 1. The lowest BCUT2D eigenvalue weighted by Crippen LogP contribution is -2.09. The molecule has 3 aromatic rings. The molecular formula is C13H7N3OS. The molecule has 0 radical (unpaired) electrons. The van der Waals surface area contributed by atoms with Gasteiger partial charge >= 0.3 is 0 Å². The lowest BCUT2D eigenvalue weighted by molar-refractivity contribution is 1.21. The van der Waals surface area contributed by atoms with E-state index in [4.69, 9.17) is 5.26 Å². The van der Waals surface area contributed by atoms with Crippen LogP contribution in [-0.4, -0.2) is 9.97 Å². The summed E-state index contributed by atoms with van der Waals surface area (Å²) in [5.74, 6) is 0. The summed E-state index contributed by atoms with van der Waals surface area (Å²) in [5.41, 5.74) is 1.28. The van der Waals surface area contributed by atoms with Gasteiger partial charge < -0.3 is 4.98 Å². The minimum absolute atomic E-state index is 0.111. The second-order valence-electron chi connectivity index (χ2n) is 3.71. The molecule has 4 nitrogen and oxygen atoms in total. The lowest BCUT2D eigenvalue weighted by atomic mass is 10.2. The maximum absolute atomic E-state index is 11.6. The number of para-hydroxylation sites is 1.